The molecule has 1 rings (SSSR count). The number of rotatable bonds is 7. The molecule has 0 saturated carbocycles. The molecule has 100 valence electrons. The van der Waals surface area contributed by atoms with Crippen LogP contribution in [0.25, 0.3) is 0 Å². The zero-order valence-electron chi connectivity index (χ0n) is 11.5. The van der Waals surface area contributed by atoms with Crippen molar-refractivity contribution in [1.29, 1.82) is 0 Å². The van der Waals surface area contributed by atoms with Crippen molar-refractivity contribution in [2.45, 2.75) is 33.1 Å². The number of hydrogen-bond donors (Lipinski definition) is 1. The van der Waals surface area contributed by atoms with Gasteiger partial charge in [0.05, 0.1) is 7.11 Å². The van der Waals surface area contributed by atoms with Crippen LogP contribution in [0, 0.1) is 5.92 Å². The molecule has 0 aliphatic carbocycles. The summed E-state index contributed by atoms with van der Waals surface area (Å²) in [7, 11) is 1.66. The highest BCUT2D eigenvalue weighted by molar-refractivity contribution is 5.78. The topological polar surface area (TPSA) is 38.3 Å². The smallest absolute Gasteiger partial charge is 0.223 e. The Labute approximate surface area is 110 Å². The lowest BCUT2D eigenvalue weighted by molar-refractivity contribution is -0.125. The van der Waals surface area contributed by atoms with Crippen molar-refractivity contribution in [3.8, 4) is 5.75 Å². The quantitative estimate of drug-likeness (QED) is 0.807. The first-order valence-electron chi connectivity index (χ1n) is 6.61. The van der Waals surface area contributed by atoms with Crippen LogP contribution in [0.4, 0.5) is 0 Å². The van der Waals surface area contributed by atoms with E-state index in [1.807, 2.05) is 24.3 Å². The lowest BCUT2D eigenvalue weighted by Crippen LogP contribution is -2.31. The normalized spacial score (nSPS) is 10.4. The molecule has 1 aromatic carbocycles. The maximum Gasteiger partial charge on any atom is 0.223 e. The minimum Gasteiger partial charge on any atom is -0.497 e. The minimum atomic E-state index is 0.148. The van der Waals surface area contributed by atoms with E-state index in [0.717, 1.165) is 25.0 Å². The number of methoxy groups -OCH3 is 1. The molecule has 0 fully saturated rings. The van der Waals surface area contributed by atoms with Gasteiger partial charge in [-0.2, -0.15) is 0 Å². The third kappa shape index (κ3) is 4.40. The van der Waals surface area contributed by atoms with Gasteiger partial charge in [-0.05, 0) is 37.0 Å². The van der Waals surface area contributed by atoms with Crippen LogP contribution in [0.2, 0.25) is 0 Å². The average Bonchev–Trinajstić information content (AvgIpc) is 2.40. The molecule has 0 aliphatic heterocycles. The average molecular weight is 249 g/mol. The number of carbonyl (C=O) groups is 1. The van der Waals surface area contributed by atoms with Crippen LogP contribution in [0.15, 0.2) is 24.3 Å². The fourth-order valence-electron chi connectivity index (χ4n) is 1.96. The van der Waals surface area contributed by atoms with Gasteiger partial charge in [-0.15, -0.1) is 0 Å². The maximum absolute atomic E-state index is 11.8. The summed E-state index contributed by atoms with van der Waals surface area (Å²) >= 11 is 0. The predicted molar refractivity (Wildman–Crippen MR) is 73.8 cm³/mol. The molecule has 1 amide bonds. The second kappa shape index (κ2) is 7.75. The summed E-state index contributed by atoms with van der Waals surface area (Å²) < 4.78 is 5.17. The summed E-state index contributed by atoms with van der Waals surface area (Å²) in [5.41, 5.74) is 1.18. The number of hydrogen-bond acceptors (Lipinski definition) is 2. The molecule has 0 heterocycles. The molecule has 0 bridgehead atoms. The molecular formula is C15H23NO2. The van der Waals surface area contributed by atoms with Gasteiger partial charge in [0.25, 0.3) is 0 Å². The highest BCUT2D eigenvalue weighted by Gasteiger charge is 2.12. The van der Waals surface area contributed by atoms with Gasteiger partial charge in [0.15, 0.2) is 0 Å². The molecule has 1 aromatic rings. The molecule has 0 atom stereocenters. The standard InChI is InChI=1S/C15H23NO2/c1-4-13(5-2)15(17)16-10-9-12-7-6-8-14(11-12)18-3/h6-8,11,13H,4-5,9-10H2,1-3H3,(H,16,17). The van der Waals surface area contributed by atoms with Gasteiger partial charge in [0.1, 0.15) is 5.75 Å². The van der Waals surface area contributed by atoms with Gasteiger partial charge >= 0.3 is 0 Å². The zero-order valence-corrected chi connectivity index (χ0v) is 11.5. The first-order valence-corrected chi connectivity index (χ1v) is 6.61. The van der Waals surface area contributed by atoms with Gasteiger partial charge in [0, 0.05) is 12.5 Å². The van der Waals surface area contributed by atoms with Crippen LogP contribution < -0.4 is 10.1 Å². The van der Waals surface area contributed by atoms with E-state index in [4.69, 9.17) is 4.74 Å². The maximum atomic E-state index is 11.8. The van der Waals surface area contributed by atoms with Crippen LogP contribution in [0.3, 0.4) is 0 Å². The number of benzene rings is 1. The number of nitrogens with one attached hydrogen (secondary N) is 1. The summed E-state index contributed by atoms with van der Waals surface area (Å²) in [5.74, 6) is 1.18. The van der Waals surface area contributed by atoms with Crippen molar-refractivity contribution in [2.24, 2.45) is 5.92 Å². The van der Waals surface area contributed by atoms with Crippen molar-refractivity contribution < 1.29 is 9.53 Å². The molecule has 3 heteroatoms. The molecule has 1 N–H and O–H groups in total. The van der Waals surface area contributed by atoms with Gasteiger partial charge in [-0.1, -0.05) is 26.0 Å². The SMILES string of the molecule is CCC(CC)C(=O)NCCc1cccc(OC)c1. The highest BCUT2D eigenvalue weighted by Crippen LogP contribution is 2.12. The van der Waals surface area contributed by atoms with Crippen LogP contribution in [0.5, 0.6) is 5.75 Å². The Morgan fingerprint density at radius 3 is 2.67 bits per heavy atom. The van der Waals surface area contributed by atoms with Gasteiger partial charge < -0.3 is 10.1 Å². The summed E-state index contributed by atoms with van der Waals surface area (Å²) in [6.45, 7) is 4.79. The van der Waals surface area contributed by atoms with Gasteiger partial charge in [-0.25, -0.2) is 0 Å². The third-order valence-corrected chi connectivity index (χ3v) is 3.20. The highest BCUT2D eigenvalue weighted by atomic mass is 16.5. The summed E-state index contributed by atoms with van der Waals surface area (Å²) in [5, 5.41) is 2.99. The van der Waals surface area contributed by atoms with Crippen LogP contribution in [-0.2, 0) is 11.2 Å². The van der Waals surface area contributed by atoms with Crippen LogP contribution >= 0.6 is 0 Å². The molecular weight excluding hydrogens is 226 g/mol. The van der Waals surface area contributed by atoms with E-state index in [9.17, 15) is 4.79 Å². The van der Waals surface area contributed by atoms with E-state index < -0.39 is 0 Å². The van der Waals surface area contributed by atoms with Gasteiger partial charge in [-0.3, -0.25) is 4.79 Å². The van der Waals surface area contributed by atoms with E-state index in [2.05, 4.69) is 19.2 Å². The Morgan fingerprint density at radius 1 is 1.33 bits per heavy atom. The molecule has 0 aromatic heterocycles. The van der Waals surface area contributed by atoms with Gasteiger partial charge in [0.2, 0.25) is 5.91 Å². The third-order valence-electron chi connectivity index (χ3n) is 3.20. The Balaban J connectivity index is 2.39. The Bertz CT molecular complexity index is 373. The molecule has 0 spiro atoms. The van der Waals surface area contributed by atoms with E-state index in [-0.39, 0.29) is 11.8 Å². The zero-order chi connectivity index (χ0) is 13.4. The number of amides is 1. The molecule has 0 saturated heterocycles. The molecule has 0 unspecified atom stereocenters. The Kier molecular flexibility index (Phi) is 6.26. The molecule has 0 radical (unpaired) electrons. The van der Waals surface area contributed by atoms with Crippen LogP contribution in [-0.4, -0.2) is 19.6 Å². The molecule has 3 nitrogen and oxygen atoms in total. The van der Waals surface area contributed by atoms with Crippen molar-refractivity contribution in [3.63, 3.8) is 0 Å². The fraction of sp³-hybridized carbons (Fsp3) is 0.533. The summed E-state index contributed by atoms with van der Waals surface area (Å²) in [6, 6.07) is 7.94. The summed E-state index contributed by atoms with van der Waals surface area (Å²) in [6.07, 6.45) is 2.64. The minimum absolute atomic E-state index is 0.148. The van der Waals surface area contributed by atoms with E-state index in [1.54, 1.807) is 7.11 Å². The largest absolute Gasteiger partial charge is 0.497 e. The first-order chi connectivity index (χ1) is 8.71. The van der Waals surface area contributed by atoms with Crippen molar-refractivity contribution in [1.82, 2.24) is 5.32 Å². The van der Waals surface area contributed by atoms with E-state index >= 15 is 0 Å². The second-order valence-electron chi connectivity index (χ2n) is 4.41. The molecule has 18 heavy (non-hydrogen) atoms. The Morgan fingerprint density at radius 2 is 2.06 bits per heavy atom. The first kappa shape index (κ1) is 14.6. The lowest BCUT2D eigenvalue weighted by atomic mass is 10.0. The summed E-state index contributed by atoms with van der Waals surface area (Å²) in [4.78, 5) is 11.8. The lowest BCUT2D eigenvalue weighted by Gasteiger charge is -2.12. The van der Waals surface area contributed by atoms with Crippen molar-refractivity contribution >= 4 is 5.91 Å². The predicted octanol–water partition coefficient (Wildman–Crippen LogP) is 2.79. The monoisotopic (exact) mass is 249 g/mol. The van der Waals surface area contributed by atoms with Crippen LogP contribution in [0.1, 0.15) is 32.3 Å². The second-order valence-corrected chi connectivity index (χ2v) is 4.41. The number of ether oxygens (including phenoxy) is 1. The van der Waals surface area contributed by atoms with E-state index in [0.29, 0.717) is 6.54 Å². The number of carbonyl (C=O) groups excluding carboxylic acids is 1. The van der Waals surface area contributed by atoms with Crippen molar-refractivity contribution in [3.05, 3.63) is 29.8 Å². The van der Waals surface area contributed by atoms with Crippen molar-refractivity contribution in [2.75, 3.05) is 13.7 Å². The molecule has 0 aliphatic rings. The Hall–Kier alpha value is -1.51. The van der Waals surface area contributed by atoms with E-state index in [1.165, 1.54) is 5.56 Å². The fourth-order valence-corrected chi connectivity index (χ4v) is 1.96.